The van der Waals surface area contributed by atoms with Crippen molar-refractivity contribution < 1.29 is 22.7 Å². The summed E-state index contributed by atoms with van der Waals surface area (Å²) < 4.78 is 39.2. The smallest absolute Gasteiger partial charge is 0.327 e. The van der Waals surface area contributed by atoms with E-state index >= 15 is 0 Å². The van der Waals surface area contributed by atoms with Crippen molar-refractivity contribution >= 4 is 32.5 Å². The van der Waals surface area contributed by atoms with Gasteiger partial charge in [-0.05, 0) is 40.1 Å². The fourth-order valence-corrected chi connectivity index (χ4v) is 4.77. The van der Waals surface area contributed by atoms with Crippen LogP contribution in [-0.2, 0) is 21.4 Å². The van der Waals surface area contributed by atoms with E-state index < -0.39 is 33.8 Å². The Morgan fingerprint density at radius 1 is 1.13 bits per heavy atom. The van der Waals surface area contributed by atoms with E-state index in [1.165, 1.54) is 19.2 Å². The number of likely N-dealkylation sites (N-methyl/N-ethyl adjacent to an activating group) is 1. The number of hydrogen-bond acceptors (Lipinski definition) is 4. The molecule has 0 aromatic heterocycles. The Kier molecular flexibility index (Phi) is 5.45. The molecular weight excluding hydrogens is 419 g/mol. The van der Waals surface area contributed by atoms with Crippen LogP contribution in [0.25, 0.3) is 10.8 Å². The van der Waals surface area contributed by atoms with E-state index in [0.717, 1.165) is 26.9 Å². The fourth-order valence-electron chi connectivity index (χ4n) is 4.33. The zero-order valence-electron chi connectivity index (χ0n) is 17.2. The van der Waals surface area contributed by atoms with E-state index in [2.05, 4.69) is 0 Å². The van der Waals surface area contributed by atoms with Crippen LogP contribution in [0, 0.1) is 5.82 Å². The van der Waals surface area contributed by atoms with Gasteiger partial charge in [-0.3, -0.25) is 0 Å². The highest BCUT2D eigenvalue weighted by molar-refractivity contribution is 7.88. The molecule has 0 radical (unpaired) electrons. The molecule has 31 heavy (non-hydrogen) atoms. The molecule has 1 aliphatic rings. The van der Waals surface area contributed by atoms with E-state index in [-0.39, 0.29) is 6.54 Å². The number of carboxylic acids is 1. The van der Waals surface area contributed by atoms with E-state index in [9.17, 15) is 22.7 Å². The third-order valence-corrected chi connectivity index (χ3v) is 7.19. The Morgan fingerprint density at radius 2 is 1.84 bits per heavy atom. The van der Waals surface area contributed by atoms with E-state index in [0.29, 0.717) is 17.8 Å². The van der Waals surface area contributed by atoms with Crippen LogP contribution in [0.4, 0.5) is 10.1 Å². The first kappa shape index (κ1) is 21.3. The van der Waals surface area contributed by atoms with Crippen molar-refractivity contribution in [2.24, 2.45) is 0 Å². The average Bonchev–Trinajstić information content (AvgIpc) is 3.00. The number of carboxylic acid groups (broad SMARTS) is 1. The number of halogens is 1. The summed E-state index contributed by atoms with van der Waals surface area (Å²) in [4.78, 5) is 14.1. The predicted molar refractivity (Wildman–Crippen MR) is 118 cm³/mol. The number of sulfonamides is 1. The zero-order chi connectivity index (χ0) is 22.3. The maximum absolute atomic E-state index is 14.1. The van der Waals surface area contributed by atoms with Crippen molar-refractivity contribution in [3.05, 3.63) is 77.6 Å². The van der Waals surface area contributed by atoms with Crippen molar-refractivity contribution in [2.75, 3.05) is 24.7 Å². The second-order valence-electron chi connectivity index (χ2n) is 7.90. The zero-order valence-corrected chi connectivity index (χ0v) is 18.0. The molecule has 0 fully saturated rings. The SMILES string of the molecule is CN(CC1c2cc(F)ccc2N(Cc2cccc3ccccc23)C1C(=O)O)S(C)(=O)=O. The minimum absolute atomic E-state index is 0.0573. The Balaban J connectivity index is 1.80. The number of benzene rings is 3. The molecule has 3 aromatic carbocycles. The van der Waals surface area contributed by atoms with Gasteiger partial charge in [0.05, 0.1) is 6.26 Å². The number of anilines is 1. The number of fused-ring (bicyclic) bond motifs is 2. The average molecular weight is 443 g/mol. The quantitative estimate of drug-likeness (QED) is 0.633. The van der Waals surface area contributed by atoms with Gasteiger partial charge in [0.15, 0.2) is 0 Å². The highest BCUT2D eigenvalue weighted by Crippen LogP contribution is 2.43. The molecule has 1 aliphatic heterocycles. The van der Waals surface area contributed by atoms with E-state index in [1.54, 1.807) is 11.0 Å². The van der Waals surface area contributed by atoms with Crippen molar-refractivity contribution in [1.29, 1.82) is 0 Å². The molecule has 2 unspecified atom stereocenters. The molecule has 6 nitrogen and oxygen atoms in total. The van der Waals surface area contributed by atoms with Gasteiger partial charge in [-0.1, -0.05) is 42.5 Å². The summed E-state index contributed by atoms with van der Waals surface area (Å²) in [7, 11) is -2.13. The highest BCUT2D eigenvalue weighted by atomic mass is 32.2. The molecule has 0 aliphatic carbocycles. The molecule has 0 spiro atoms. The van der Waals surface area contributed by atoms with E-state index in [4.69, 9.17) is 0 Å². The summed E-state index contributed by atoms with van der Waals surface area (Å²) in [6.07, 6.45) is 1.07. The van der Waals surface area contributed by atoms with E-state index in [1.807, 2.05) is 42.5 Å². The number of rotatable bonds is 6. The summed E-state index contributed by atoms with van der Waals surface area (Å²) in [5, 5.41) is 12.1. The lowest BCUT2D eigenvalue weighted by atomic mass is 9.94. The third kappa shape index (κ3) is 4.00. The second kappa shape index (κ2) is 7.94. The Morgan fingerprint density at radius 3 is 2.55 bits per heavy atom. The van der Waals surface area contributed by atoms with Crippen LogP contribution in [0.3, 0.4) is 0 Å². The standard InChI is InChI=1S/C23H23FN2O4S/c1-25(31(2,29)30)14-20-19-12-17(24)10-11-21(19)26(22(20)23(27)28)13-16-8-5-7-15-6-3-4-9-18(15)16/h3-12,20,22H,13-14H2,1-2H3,(H,27,28). The molecule has 4 rings (SSSR count). The number of nitrogens with zero attached hydrogens (tertiary/aromatic N) is 2. The van der Waals surface area contributed by atoms with Crippen LogP contribution in [0.1, 0.15) is 17.0 Å². The third-order valence-electron chi connectivity index (χ3n) is 5.91. The topological polar surface area (TPSA) is 77.9 Å². The lowest BCUT2D eigenvalue weighted by molar-refractivity contribution is -0.139. The minimum atomic E-state index is -3.53. The van der Waals surface area contributed by atoms with Crippen molar-refractivity contribution in [1.82, 2.24) is 4.31 Å². The van der Waals surface area contributed by atoms with Gasteiger partial charge in [0.25, 0.3) is 0 Å². The molecule has 162 valence electrons. The van der Waals surface area contributed by atoms with Crippen molar-refractivity contribution in [3.63, 3.8) is 0 Å². The number of hydrogen-bond donors (Lipinski definition) is 1. The van der Waals surface area contributed by atoms with Gasteiger partial charge >= 0.3 is 5.97 Å². The molecule has 0 saturated heterocycles. The fraction of sp³-hybridized carbons (Fsp3) is 0.261. The molecular formula is C23H23FN2O4S. The van der Waals surface area contributed by atoms with Gasteiger partial charge in [-0.2, -0.15) is 0 Å². The maximum Gasteiger partial charge on any atom is 0.327 e. The Labute approximate surface area is 180 Å². The van der Waals surface area contributed by atoms with Gasteiger partial charge in [0.1, 0.15) is 11.9 Å². The van der Waals surface area contributed by atoms with Crippen LogP contribution < -0.4 is 4.90 Å². The minimum Gasteiger partial charge on any atom is -0.480 e. The van der Waals surface area contributed by atoms with Gasteiger partial charge in [-0.15, -0.1) is 0 Å². The largest absolute Gasteiger partial charge is 0.480 e. The lowest BCUT2D eigenvalue weighted by Crippen LogP contribution is -2.44. The number of carbonyl (C=O) groups is 1. The summed E-state index contributed by atoms with van der Waals surface area (Å²) in [5.41, 5.74) is 2.05. The van der Waals surface area contributed by atoms with Crippen molar-refractivity contribution in [3.8, 4) is 0 Å². The highest BCUT2D eigenvalue weighted by Gasteiger charge is 2.44. The Bertz CT molecular complexity index is 1260. The van der Waals surface area contributed by atoms with Gasteiger partial charge in [0.2, 0.25) is 10.0 Å². The van der Waals surface area contributed by atoms with Crippen LogP contribution in [-0.4, -0.2) is 49.7 Å². The first-order valence-electron chi connectivity index (χ1n) is 9.83. The number of aliphatic carboxylic acids is 1. The molecule has 2 atom stereocenters. The van der Waals surface area contributed by atoms with Crippen LogP contribution >= 0.6 is 0 Å². The molecule has 0 amide bonds. The summed E-state index contributed by atoms with van der Waals surface area (Å²) >= 11 is 0. The molecule has 1 heterocycles. The molecule has 8 heteroatoms. The normalized spacial score (nSPS) is 18.5. The summed E-state index contributed by atoms with van der Waals surface area (Å²) in [6, 6.07) is 16.9. The summed E-state index contributed by atoms with van der Waals surface area (Å²) in [5.74, 6) is -2.27. The maximum atomic E-state index is 14.1. The van der Waals surface area contributed by atoms with Gasteiger partial charge in [-0.25, -0.2) is 21.9 Å². The Hall–Kier alpha value is -2.97. The molecule has 1 N–H and O–H groups in total. The monoisotopic (exact) mass is 442 g/mol. The van der Waals surface area contributed by atoms with Crippen molar-refractivity contribution in [2.45, 2.75) is 18.5 Å². The van der Waals surface area contributed by atoms with Crippen LogP contribution in [0.15, 0.2) is 60.7 Å². The molecule has 0 bridgehead atoms. The van der Waals surface area contributed by atoms with Crippen LogP contribution in [0.5, 0.6) is 0 Å². The van der Waals surface area contributed by atoms with Gasteiger partial charge < -0.3 is 10.0 Å². The lowest BCUT2D eigenvalue weighted by Gasteiger charge is -2.29. The first-order chi connectivity index (χ1) is 14.7. The van der Waals surface area contributed by atoms with Gasteiger partial charge in [0, 0.05) is 31.7 Å². The van der Waals surface area contributed by atoms with Crippen LogP contribution in [0.2, 0.25) is 0 Å². The first-order valence-corrected chi connectivity index (χ1v) is 11.7. The second-order valence-corrected chi connectivity index (χ2v) is 9.99. The molecule has 0 saturated carbocycles. The predicted octanol–water partition coefficient (Wildman–Crippen LogP) is 3.43. The summed E-state index contributed by atoms with van der Waals surface area (Å²) in [6.45, 7) is 0.244. The molecule has 3 aromatic rings.